The molecule has 0 aliphatic carbocycles. The topological polar surface area (TPSA) is 25.4 Å². The van der Waals surface area contributed by atoms with Gasteiger partial charge in [-0.1, -0.05) is 30.3 Å². The van der Waals surface area contributed by atoms with E-state index >= 15 is 0 Å². The molecule has 1 saturated heterocycles. The number of benzene rings is 1. The molecule has 1 fully saturated rings. The molecule has 1 aromatic carbocycles. The number of hydrogen-bond acceptors (Lipinski definition) is 3. The van der Waals surface area contributed by atoms with Crippen LogP contribution in [0.25, 0.3) is 0 Å². The molecule has 1 aromatic heterocycles. The number of hydrogen-bond donors (Lipinski definition) is 0. The molecule has 98 valence electrons. The van der Waals surface area contributed by atoms with E-state index in [1.807, 2.05) is 30.6 Å². The van der Waals surface area contributed by atoms with Gasteiger partial charge in [-0.2, -0.15) is 0 Å². The van der Waals surface area contributed by atoms with E-state index in [1.165, 1.54) is 5.56 Å². The highest BCUT2D eigenvalue weighted by Gasteiger charge is 2.38. The first-order valence-corrected chi connectivity index (χ1v) is 6.59. The summed E-state index contributed by atoms with van der Waals surface area (Å²) in [7, 11) is 2.11. The lowest BCUT2D eigenvalue weighted by Crippen LogP contribution is -2.27. The number of ether oxygens (including phenoxy) is 1. The van der Waals surface area contributed by atoms with Gasteiger partial charge in [0.25, 0.3) is 0 Å². The molecule has 0 N–H and O–H groups in total. The molecule has 19 heavy (non-hydrogen) atoms. The zero-order chi connectivity index (χ0) is 13.2. The predicted octanol–water partition coefficient (Wildman–Crippen LogP) is 3.17. The number of aromatic nitrogens is 1. The van der Waals surface area contributed by atoms with Gasteiger partial charge in [0, 0.05) is 18.4 Å². The molecule has 0 bridgehead atoms. The van der Waals surface area contributed by atoms with Gasteiger partial charge in [0.2, 0.25) is 0 Å². The van der Waals surface area contributed by atoms with Gasteiger partial charge in [-0.25, -0.2) is 0 Å². The van der Waals surface area contributed by atoms with Crippen LogP contribution in [0, 0.1) is 0 Å². The van der Waals surface area contributed by atoms with Gasteiger partial charge in [0.05, 0.1) is 0 Å². The van der Waals surface area contributed by atoms with Crippen LogP contribution in [0.15, 0.2) is 54.9 Å². The number of rotatable bonds is 2. The molecule has 3 nitrogen and oxygen atoms in total. The minimum atomic E-state index is 0.00297. The summed E-state index contributed by atoms with van der Waals surface area (Å²) in [4.78, 5) is 6.33. The molecule has 1 unspecified atom stereocenters. The van der Waals surface area contributed by atoms with Crippen LogP contribution in [-0.2, 0) is 4.74 Å². The van der Waals surface area contributed by atoms with Crippen LogP contribution < -0.4 is 0 Å². The van der Waals surface area contributed by atoms with Gasteiger partial charge in [-0.3, -0.25) is 9.88 Å². The first-order valence-electron chi connectivity index (χ1n) is 6.59. The predicted molar refractivity (Wildman–Crippen MR) is 74.5 cm³/mol. The van der Waals surface area contributed by atoms with Crippen molar-refractivity contribution in [2.24, 2.45) is 0 Å². The highest BCUT2D eigenvalue weighted by atomic mass is 16.5. The SMILES string of the molecule is C[C@@H]1[C@H](c2ccccc2)OC(c2ccncc2)N1C. The minimum absolute atomic E-state index is 0.00297. The molecule has 3 heteroatoms. The van der Waals surface area contributed by atoms with Gasteiger partial charge in [0.15, 0.2) is 0 Å². The second-order valence-corrected chi connectivity index (χ2v) is 5.01. The van der Waals surface area contributed by atoms with E-state index in [2.05, 4.69) is 48.1 Å². The molecule has 0 spiro atoms. The Morgan fingerprint density at radius 2 is 1.68 bits per heavy atom. The van der Waals surface area contributed by atoms with Crippen molar-refractivity contribution in [3.63, 3.8) is 0 Å². The summed E-state index contributed by atoms with van der Waals surface area (Å²) in [6.45, 7) is 2.21. The minimum Gasteiger partial charge on any atom is -0.349 e. The van der Waals surface area contributed by atoms with Gasteiger partial charge in [-0.15, -0.1) is 0 Å². The maximum absolute atomic E-state index is 6.26. The van der Waals surface area contributed by atoms with Gasteiger partial charge < -0.3 is 4.74 Å². The fraction of sp³-hybridized carbons (Fsp3) is 0.312. The van der Waals surface area contributed by atoms with Crippen LogP contribution in [0.5, 0.6) is 0 Å². The Hall–Kier alpha value is -1.71. The summed E-state index contributed by atoms with van der Waals surface area (Å²) in [5.41, 5.74) is 2.39. The molecular weight excluding hydrogens is 236 g/mol. The molecule has 1 aliphatic rings. The van der Waals surface area contributed by atoms with Crippen LogP contribution >= 0.6 is 0 Å². The van der Waals surface area contributed by atoms with Gasteiger partial charge in [-0.05, 0) is 37.2 Å². The Labute approximate surface area is 113 Å². The van der Waals surface area contributed by atoms with Crippen molar-refractivity contribution in [3.8, 4) is 0 Å². The van der Waals surface area contributed by atoms with Crippen LogP contribution in [-0.4, -0.2) is 23.0 Å². The quantitative estimate of drug-likeness (QED) is 0.823. The molecule has 2 aromatic rings. The zero-order valence-electron chi connectivity index (χ0n) is 11.2. The van der Waals surface area contributed by atoms with E-state index in [-0.39, 0.29) is 12.3 Å². The average molecular weight is 254 g/mol. The van der Waals surface area contributed by atoms with Crippen LogP contribution in [0.3, 0.4) is 0 Å². The monoisotopic (exact) mass is 254 g/mol. The lowest BCUT2D eigenvalue weighted by molar-refractivity contribution is 0.00555. The molecule has 0 amide bonds. The Morgan fingerprint density at radius 3 is 2.37 bits per heavy atom. The summed E-state index contributed by atoms with van der Waals surface area (Å²) in [5, 5.41) is 0. The lowest BCUT2D eigenvalue weighted by atomic mass is 10.0. The van der Waals surface area contributed by atoms with Crippen molar-refractivity contribution in [2.75, 3.05) is 7.05 Å². The highest BCUT2D eigenvalue weighted by molar-refractivity contribution is 5.22. The average Bonchev–Trinajstić information content (AvgIpc) is 2.77. The highest BCUT2D eigenvalue weighted by Crippen LogP contribution is 2.40. The number of likely N-dealkylation sites (N-methyl/N-ethyl adjacent to an activating group) is 1. The summed E-state index contributed by atoms with van der Waals surface area (Å²) in [5.74, 6) is 0. The summed E-state index contributed by atoms with van der Waals surface area (Å²) in [6.07, 6.45) is 3.74. The van der Waals surface area contributed by atoms with Crippen LogP contribution in [0.2, 0.25) is 0 Å². The molecule has 0 radical (unpaired) electrons. The van der Waals surface area contributed by atoms with Gasteiger partial charge in [0.1, 0.15) is 12.3 Å². The first-order chi connectivity index (χ1) is 9.27. The fourth-order valence-electron chi connectivity index (χ4n) is 2.62. The molecule has 0 saturated carbocycles. The lowest BCUT2D eigenvalue weighted by Gasteiger charge is -2.21. The van der Waals surface area contributed by atoms with Crippen molar-refractivity contribution in [3.05, 3.63) is 66.0 Å². The second kappa shape index (κ2) is 5.11. The van der Waals surface area contributed by atoms with Crippen molar-refractivity contribution < 1.29 is 4.74 Å². The van der Waals surface area contributed by atoms with Crippen molar-refractivity contribution in [2.45, 2.75) is 25.3 Å². The third kappa shape index (κ3) is 2.27. The molecule has 3 atom stereocenters. The van der Waals surface area contributed by atoms with E-state index in [0.29, 0.717) is 6.04 Å². The number of nitrogens with zero attached hydrogens (tertiary/aromatic N) is 2. The fourth-order valence-corrected chi connectivity index (χ4v) is 2.62. The first kappa shape index (κ1) is 12.3. The standard InChI is InChI=1S/C16H18N2O/c1-12-15(13-6-4-3-5-7-13)19-16(18(12)2)14-8-10-17-11-9-14/h3-12,15-16H,1-2H3/t12-,15-,16?/m1/s1. The third-order valence-corrected chi connectivity index (χ3v) is 3.85. The summed E-state index contributed by atoms with van der Waals surface area (Å²) >= 11 is 0. The zero-order valence-corrected chi connectivity index (χ0v) is 11.2. The maximum atomic E-state index is 6.26. The van der Waals surface area contributed by atoms with E-state index in [9.17, 15) is 0 Å². The van der Waals surface area contributed by atoms with Crippen molar-refractivity contribution in [1.82, 2.24) is 9.88 Å². The van der Waals surface area contributed by atoms with E-state index in [1.54, 1.807) is 0 Å². The van der Waals surface area contributed by atoms with E-state index in [4.69, 9.17) is 4.74 Å². The van der Waals surface area contributed by atoms with E-state index in [0.717, 1.165) is 5.56 Å². The Balaban J connectivity index is 1.88. The molecule has 2 heterocycles. The molecule has 3 rings (SSSR count). The smallest absolute Gasteiger partial charge is 0.137 e. The molecular formula is C16H18N2O. The summed E-state index contributed by atoms with van der Waals surface area (Å²) < 4.78 is 6.26. The van der Waals surface area contributed by atoms with E-state index < -0.39 is 0 Å². The summed E-state index contributed by atoms with van der Waals surface area (Å²) in [6, 6.07) is 14.8. The molecule has 1 aliphatic heterocycles. The van der Waals surface area contributed by atoms with Crippen LogP contribution in [0.4, 0.5) is 0 Å². The van der Waals surface area contributed by atoms with Crippen LogP contribution in [0.1, 0.15) is 30.4 Å². The maximum Gasteiger partial charge on any atom is 0.137 e. The Bertz CT molecular complexity index is 479. The second-order valence-electron chi connectivity index (χ2n) is 5.01. The normalized spacial score (nSPS) is 27.6. The van der Waals surface area contributed by atoms with Crippen molar-refractivity contribution >= 4 is 0 Å². The largest absolute Gasteiger partial charge is 0.349 e. The Kier molecular flexibility index (Phi) is 3.32. The van der Waals surface area contributed by atoms with Gasteiger partial charge >= 0.3 is 0 Å². The third-order valence-electron chi connectivity index (χ3n) is 3.85. The Morgan fingerprint density at radius 1 is 1.00 bits per heavy atom. The van der Waals surface area contributed by atoms with Crippen molar-refractivity contribution in [1.29, 1.82) is 0 Å². The number of pyridine rings is 1.